The molecule has 160 valence electrons. The van der Waals surface area contributed by atoms with Crippen LogP contribution in [0, 0.1) is 5.82 Å². The number of pyridine rings is 1. The molecule has 0 radical (unpaired) electrons. The van der Waals surface area contributed by atoms with Crippen molar-refractivity contribution in [2.75, 3.05) is 13.1 Å². The number of hydrogen-bond acceptors (Lipinski definition) is 4. The van der Waals surface area contributed by atoms with E-state index in [4.69, 9.17) is 11.6 Å². The molecule has 8 heteroatoms. The first-order valence-electron chi connectivity index (χ1n) is 10.1. The summed E-state index contributed by atoms with van der Waals surface area (Å²) < 4.78 is 14.2. The lowest BCUT2D eigenvalue weighted by atomic mass is 10.1. The number of fused-ring (bicyclic) bond motifs is 1. The van der Waals surface area contributed by atoms with Gasteiger partial charge in [0.2, 0.25) is 11.8 Å². The molecule has 1 aromatic heterocycles. The Bertz CT molecular complexity index is 1100. The van der Waals surface area contributed by atoms with E-state index in [0.717, 1.165) is 16.5 Å². The topological polar surface area (TPSA) is 74.3 Å². The number of carbonyl (C=O) groups excluding carboxylic acids is 2. The molecular formula is C23H22ClFN4O2. The van der Waals surface area contributed by atoms with Crippen LogP contribution in [0.4, 0.5) is 4.39 Å². The van der Waals surface area contributed by atoms with Crippen molar-refractivity contribution < 1.29 is 14.0 Å². The van der Waals surface area contributed by atoms with Gasteiger partial charge in [0.1, 0.15) is 5.82 Å². The van der Waals surface area contributed by atoms with Crippen molar-refractivity contribution in [3.05, 3.63) is 76.7 Å². The van der Waals surface area contributed by atoms with Gasteiger partial charge in [-0.2, -0.15) is 0 Å². The van der Waals surface area contributed by atoms with E-state index in [2.05, 4.69) is 15.6 Å². The van der Waals surface area contributed by atoms with Crippen molar-refractivity contribution in [2.24, 2.45) is 0 Å². The molecule has 1 saturated heterocycles. The largest absolute Gasteiger partial charge is 0.353 e. The summed E-state index contributed by atoms with van der Waals surface area (Å²) >= 11 is 6.15. The summed E-state index contributed by atoms with van der Waals surface area (Å²) in [5.74, 6) is -0.920. The Labute approximate surface area is 184 Å². The highest BCUT2D eigenvalue weighted by atomic mass is 35.5. The lowest BCUT2D eigenvalue weighted by molar-refractivity contribution is -0.134. The molecule has 1 fully saturated rings. The Morgan fingerprint density at radius 3 is 2.97 bits per heavy atom. The number of benzene rings is 2. The van der Waals surface area contributed by atoms with Crippen molar-refractivity contribution in [3.63, 3.8) is 0 Å². The van der Waals surface area contributed by atoms with Gasteiger partial charge < -0.3 is 10.6 Å². The highest BCUT2D eigenvalue weighted by Crippen LogP contribution is 2.23. The lowest BCUT2D eigenvalue weighted by Crippen LogP contribution is -2.56. The molecular weight excluding hydrogens is 419 g/mol. The first-order chi connectivity index (χ1) is 15.0. The molecule has 31 heavy (non-hydrogen) atoms. The summed E-state index contributed by atoms with van der Waals surface area (Å²) in [6, 6.07) is 13.4. The van der Waals surface area contributed by atoms with E-state index in [1.54, 1.807) is 17.2 Å². The second-order valence-corrected chi connectivity index (χ2v) is 7.90. The zero-order chi connectivity index (χ0) is 21.8. The third-order valence-corrected chi connectivity index (χ3v) is 5.75. The highest BCUT2D eigenvalue weighted by Gasteiger charge is 2.32. The summed E-state index contributed by atoms with van der Waals surface area (Å²) in [5.41, 5.74) is 2.16. The molecule has 3 aromatic rings. The summed E-state index contributed by atoms with van der Waals surface area (Å²) in [6.45, 7) is 1.45. The number of aromatic nitrogens is 1. The molecule has 2 amide bonds. The SMILES string of the molecule is O=C(C[C@H]1C(=O)NCCN1Cc1c(F)cccc1Cl)NCc1ccc2ncccc2c1. The number of rotatable bonds is 6. The molecule has 2 heterocycles. The molecule has 2 N–H and O–H groups in total. The van der Waals surface area contributed by atoms with Crippen LogP contribution >= 0.6 is 11.6 Å². The summed E-state index contributed by atoms with van der Waals surface area (Å²) in [7, 11) is 0. The van der Waals surface area contributed by atoms with Gasteiger partial charge in [0.15, 0.2) is 0 Å². The Morgan fingerprint density at radius 1 is 1.26 bits per heavy atom. The molecule has 2 aromatic carbocycles. The number of piperazine rings is 1. The van der Waals surface area contributed by atoms with Crippen LogP contribution in [0.5, 0.6) is 0 Å². The van der Waals surface area contributed by atoms with Crippen molar-refractivity contribution >= 4 is 34.3 Å². The number of carbonyl (C=O) groups is 2. The highest BCUT2D eigenvalue weighted by molar-refractivity contribution is 6.31. The number of hydrogen-bond donors (Lipinski definition) is 2. The minimum absolute atomic E-state index is 0.0208. The maximum Gasteiger partial charge on any atom is 0.237 e. The van der Waals surface area contributed by atoms with Crippen LogP contribution in [0.15, 0.2) is 54.7 Å². The van der Waals surface area contributed by atoms with Crippen molar-refractivity contribution in [1.29, 1.82) is 0 Å². The second kappa shape index (κ2) is 9.41. The van der Waals surface area contributed by atoms with E-state index in [1.165, 1.54) is 12.1 Å². The first kappa shape index (κ1) is 21.2. The van der Waals surface area contributed by atoms with E-state index >= 15 is 0 Å². The maximum atomic E-state index is 14.2. The van der Waals surface area contributed by atoms with Gasteiger partial charge in [0, 0.05) is 48.3 Å². The van der Waals surface area contributed by atoms with Crippen LogP contribution < -0.4 is 10.6 Å². The molecule has 0 saturated carbocycles. The van der Waals surface area contributed by atoms with E-state index in [9.17, 15) is 14.0 Å². The quantitative estimate of drug-likeness (QED) is 0.618. The molecule has 0 aliphatic carbocycles. The van der Waals surface area contributed by atoms with Crippen LogP contribution in [0.2, 0.25) is 5.02 Å². The normalized spacial score (nSPS) is 16.8. The van der Waals surface area contributed by atoms with Gasteiger partial charge in [0.05, 0.1) is 18.0 Å². The average Bonchev–Trinajstić information content (AvgIpc) is 2.77. The smallest absolute Gasteiger partial charge is 0.237 e. The zero-order valence-corrected chi connectivity index (χ0v) is 17.5. The maximum absolute atomic E-state index is 14.2. The Morgan fingerprint density at radius 2 is 2.13 bits per heavy atom. The summed E-state index contributed by atoms with van der Waals surface area (Å²) in [6.07, 6.45) is 1.71. The van der Waals surface area contributed by atoms with Gasteiger partial charge >= 0.3 is 0 Å². The van der Waals surface area contributed by atoms with Crippen LogP contribution in [-0.2, 0) is 22.7 Å². The van der Waals surface area contributed by atoms with E-state index in [1.807, 2.05) is 30.3 Å². The van der Waals surface area contributed by atoms with Gasteiger partial charge in [-0.05, 0) is 35.9 Å². The van der Waals surface area contributed by atoms with Gasteiger partial charge in [-0.3, -0.25) is 19.5 Å². The van der Waals surface area contributed by atoms with Gasteiger partial charge in [-0.1, -0.05) is 29.8 Å². The summed E-state index contributed by atoms with van der Waals surface area (Å²) in [4.78, 5) is 31.1. The minimum atomic E-state index is -0.690. The molecule has 0 spiro atoms. The molecule has 6 nitrogen and oxygen atoms in total. The standard InChI is InChI=1S/C23H22ClFN4O2/c24-18-4-1-5-19(25)17(18)14-29-10-9-27-23(31)21(29)12-22(30)28-13-15-6-7-20-16(11-15)3-2-8-26-20/h1-8,11,21H,9-10,12-14H2,(H,27,31)(H,28,30)/t21-/m0/s1. The van der Waals surface area contributed by atoms with Crippen LogP contribution in [-0.4, -0.2) is 40.8 Å². The number of amides is 2. The van der Waals surface area contributed by atoms with E-state index in [0.29, 0.717) is 30.2 Å². The zero-order valence-electron chi connectivity index (χ0n) is 16.8. The molecule has 1 atom stereocenters. The van der Waals surface area contributed by atoms with Gasteiger partial charge in [-0.15, -0.1) is 0 Å². The molecule has 1 aliphatic rings. The van der Waals surface area contributed by atoms with Crippen molar-refractivity contribution in [3.8, 4) is 0 Å². The van der Waals surface area contributed by atoms with Crippen LogP contribution in [0.3, 0.4) is 0 Å². The van der Waals surface area contributed by atoms with Crippen molar-refractivity contribution in [1.82, 2.24) is 20.5 Å². The Hall–Kier alpha value is -3.03. The predicted octanol–water partition coefficient (Wildman–Crippen LogP) is 3.03. The van der Waals surface area contributed by atoms with Gasteiger partial charge in [-0.25, -0.2) is 4.39 Å². The Balaban J connectivity index is 1.41. The first-order valence-corrected chi connectivity index (χ1v) is 10.4. The fourth-order valence-corrected chi connectivity index (χ4v) is 3.97. The van der Waals surface area contributed by atoms with Gasteiger partial charge in [0.25, 0.3) is 0 Å². The van der Waals surface area contributed by atoms with Crippen LogP contribution in [0.25, 0.3) is 10.9 Å². The van der Waals surface area contributed by atoms with E-state index < -0.39 is 11.9 Å². The molecule has 0 unspecified atom stereocenters. The Kier molecular flexibility index (Phi) is 6.44. The second-order valence-electron chi connectivity index (χ2n) is 7.49. The summed E-state index contributed by atoms with van der Waals surface area (Å²) in [5, 5.41) is 6.95. The predicted molar refractivity (Wildman–Crippen MR) is 117 cm³/mol. The number of nitrogens with one attached hydrogen (secondary N) is 2. The third-order valence-electron chi connectivity index (χ3n) is 5.40. The van der Waals surface area contributed by atoms with Crippen molar-refractivity contribution in [2.45, 2.75) is 25.6 Å². The molecule has 4 rings (SSSR count). The minimum Gasteiger partial charge on any atom is -0.353 e. The fraction of sp³-hybridized carbons (Fsp3) is 0.261. The van der Waals surface area contributed by atoms with Crippen LogP contribution in [0.1, 0.15) is 17.5 Å². The molecule has 1 aliphatic heterocycles. The fourth-order valence-electron chi connectivity index (χ4n) is 3.74. The average molecular weight is 441 g/mol. The monoisotopic (exact) mass is 440 g/mol. The molecule has 0 bridgehead atoms. The lowest BCUT2D eigenvalue weighted by Gasteiger charge is -2.35. The number of halogens is 2. The van der Waals surface area contributed by atoms with E-state index in [-0.39, 0.29) is 24.8 Å². The third kappa shape index (κ3) is 5.00. The number of nitrogens with zero attached hydrogens (tertiary/aromatic N) is 2.